The summed E-state index contributed by atoms with van der Waals surface area (Å²) in [5.74, 6) is -0.516. The van der Waals surface area contributed by atoms with E-state index in [1.165, 1.54) is 0 Å². The van der Waals surface area contributed by atoms with Gasteiger partial charge in [-0.1, -0.05) is 18.2 Å². The van der Waals surface area contributed by atoms with Crippen molar-refractivity contribution in [3.05, 3.63) is 59.9 Å². The lowest BCUT2D eigenvalue weighted by atomic mass is 10.2. The molecule has 1 aliphatic carbocycles. The molecule has 3 N–H and O–H groups in total. The number of pyridine rings is 1. The summed E-state index contributed by atoms with van der Waals surface area (Å²) < 4.78 is 0. The lowest BCUT2D eigenvalue weighted by Gasteiger charge is -2.09. The maximum Gasteiger partial charge on any atom is 0.274 e. The molecule has 0 spiro atoms. The molecule has 3 rings (SSSR count). The number of carbonyl (C=O) groups excluding carboxylic acids is 3. The Morgan fingerprint density at radius 2 is 1.88 bits per heavy atom. The minimum atomic E-state index is -0.297. The summed E-state index contributed by atoms with van der Waals surface area (Å²) in [4.78, 5) is 39.4. The van der Waals surface area contributed by atoms with Gasteiger partial charge in [0.25, 0.3) is 5.91 Å². The fourth-order valence-electron chi connectivity index (χ4n) is 2.37. The summed E-state index contributed by atoms with van der Waals surface area (Å²) in [5.41, 5.74) is 1.79. The number of carbonyl (C=O) groups is 3. The largest absolute Gasteiger partial charge is 0.350 e. The van der Waals surface area contributed by atoms with Crippen LogP contribution < -0.4 is 16.0 Å². The second-order valence-corrected chi connectivity index (χ2v) is 6.14. The van der Waals surface area contributed by atoms with Crippen LogP contribution in [0.2, 0.25) is 0 Å². The van der Waals surface area contributed by atoms with Crippen molar-refractivity contribution < 1.29 is 14.4 Å². The van der Waals surface area contributed by atoms with Crippen LogP contribution in [0.25, 0.3) is 0 Å². The predicted octanol–water partition coefficient (Wildman–Crippen LogP) is 1.48. The molecule has 2 aromatic rings. The van der Waals surface area contributed by atoms with Crippen molar-refractivity contribution in [1.29, 1.82) is 0 Å². The molecule has 1 aliphatic rings. The van der Waals surface area contributed by atoms with Crippen LogP contribution in [0.1, 0.15) is 28.9 Å². The zero-order valence-electron chi connectivity index (χ0n) is 14.2. The first kappa shape index (κ1) is 17.6. The average Bonchev–Trinajstić information content (AvgIpc) is 3.51. The van der Waals surface area contributed by atoms with Crippen molar-refractivity contribution >= 4 is 23.4 Å². The average molecular weight is 352 g/mol. The second kappa shape index (κ2) is 8.24. The van der Waals surface area contributed by atoms with Crippen molar-refractivity contribution in [3.63, 3.8) is 0 Å². The van der Waals surface area contributed by atoms with Gasteiger partial charge < -0.3 is 16.0 Å². The fraction of sp³-hybridized carbons (Fsp3) is 0.263. The predicted molar refractivity (Wildman–Crippen MR) is 96.2 cm³/mol. The van der Waals surface area contributed by atoms with Gasteiger partial charge in [-0.2, -0.15) is 0 Å². The topological polar surface area (TPSA) is 100 Å². The van der Waals surface area contributed by atoms with Gasteiger partial charge in [0.2, 0.25) is 11.8 Å². The maximum absolute atomic E-state index is 12.1. The van der Waals surface area contributed by atoms with Crippen LogP contribution >= 0.6 is 0 Å². The third-order valence-corrected chi connectivity index (χ3v) is 3.94. The van der Waals surface area contributed by atoms with Crippen molar-refractivity contribution in [3.8, 4) is 0 Å². The molecule has 1 fully saturated rings. The summed E-state index contributed by atoms with van der Waals surface area (Å²) in [6.45, 7) is 0.289. The molecule has 0 radical (unpaired) electrons. The molecule has 0 aliphatic heterocycles. The molecule has 3 amide bonds. The van der Waals surface area contributed by atoms with E-state index in [1.54, 1.807) is 42.6 Å². The molecule has 1 heterocycles. The van der Waals surface area contributed by atoms with Crippen molar-refractivity contribution in [2.24, 2.45) is 5.92 Å². The Balaban J connectivity index is 1.48. The van der Waals surface area contributed by atoms with Gasteiger partial charge in [-0.05, 0) is 42.7 Å². The number of hydrogen-bond donors (Lipinski definition) is 3. The number of hydrogen-bond acceptors (Lipinski definition) is 4. The van der Waals surface area contributed by atoms with E-state index >= 15 is 0 Å². The minimum Gasteiger partial charge on any atom is -0.350 e. The summed E-state index contributed by atoms with van der Waals surface area (Å²) >= 11 is 0. The quantitative estimate of drug-likeness (QED) is 0.703. The Bertz CT molecular complexity index is 803. The van der Waals surface area contributed by atoms with E-state index in [4.69, 9.17) is 0 Å². The van der Waals surface area contributed by atoms with Crippen LogP contribution in [0.4, 0.5) is 5.69 Å². The lowest BCUT2D eigenvalue weighted by Crippen LogP contribution is -2.37. The molecule has 7 nitrogen and oxygen atoms in total. The van der Waals surface area contributed by atoms with Gasteiger partial charge in [-0.25, -0.2) is 0 Å². The molecular formula is C19H20N4O3. The van der Waals surface area contributed by atoms with E-state index in [-0.39, 0.29) is 30.2 Å². The van der Waals surface area contributed by atoms with Crippen LogP contribution in [0.3, 0.4) is 0 Å². The van der Waals surface area contributed by atoms with Gasteiger partial charge in [0.15, 0.2) is 0 Å². The molecule has 1 saturated carbocycles. The van der Waals surface area contributed by atoms with Crippen LogP contribution in [0.5, 0.6) is 0 Å². The summed E-state index contributed by atoms with van der Waals surface area (Å²) in [7, 11) is 0. The van der Waals surface area contributed by atoms with Crippen LogP contribution in [-0.2, 0) is 16.1 Å². The molecular weight excluding hydrogens is 332 g/mol. The SMILES string of the molecule is O=C(CNC(=O)C1CC1)NCc1cccc(NC(=O)c2ccccn2)c1. The molecule has 0 saturated heterocycles. The Morgan fingerprint density at radius 3 is 2.62 bits per heavy atom. The van der Waals surface area contributed by atoms with Crippen molar-refractivity contribution in [2.75, 3.05) is 11.9 Å². The molecule has 1 aromatic carbocycles. The van der Waals surface area contributed by atoms with E-state index in [9.17, 15) is 14.4 Å². The Kier molecular flexibility index (Phi) is 5.58. The standard InChI is InChI=1S/C19H20N4O3/c24-17(12-22-18(25)14-7-8-14)21-11-13-4-3-5-15(10-13)23-19(26)16-6-1-2-9-20-16/h1-6,9-10,14H,7-8,11-12H2,(H,21,24)(H,22,25)(H,23,26). The molecule has 7 heteroatoms. The number of aromatic nitrogens is 1. The van der Waals surface area contributed by atoms with E-state index in [0.717, 1.165) is 18.4 Å². The van der Waals surface area contributed by atoms with Gasteiger partial charge >= 0.3 is 0 Å². The van der Waals surface area contributed by atoms with Crippen LogP contribution in [-0.4, -0.2) is 29.3 Å². The smallest absolute Gasteiger partial charge is 0.274 e. The van der Waals surface area contributed by atoms with E-state index in [0.29, 0.717) is 17.9 Å². The highest BCUT2D eigenvalue weighted by molar-refractivity contribution is 6.02. The fourth-order valence-corrected chi connectivity index (χ4v) is 2.37. The molecule has 1 aromatic heterocycles. The number of amides is 3. The Labute approximate surface area is 151 Å². The van der Waals surface area contributed by atoms with Gasteiger partial charge in [0.1, 0.15) is 5.69 Å². The summed E-state index contributed by atoms with van der Waals surface area (Å²) in [6, 6.07) is 12.3. The van der Waals surface area contributed by atoms with Crippen molar-refractivity contribution in [2.45, 2.75) is 19.4 Å². The maximum atomic E-state index is 12.1. The summed E-state index contributed by atoms with van der Waals surface area (Å²) in [6.07, 6.45) is 3.37. The second-order valence-electron chi connectivity index (χ2n) is 6.14. The van der Waals surface area contributed by atoms with E-state index in [2.05, 4.69) is 20.9 Å². The zero-order valence-corrected chi connectivity index (χ0v) is 14.2. The first-order chi connectivity index (χ1) is 12.6. The van der Waals surface area contributed by atoms with E-state index < -0.39 is 0 Å². The van der Waals surface area contributed by atoms with Gasteiger partial charge in [-0.3, -0.25) is 19.4 Å². The molecule has 26 heavy (non-hydrogen) atoms. The monoisotopic (exact) mass is 352 g/mol. The number of benzene rings is 1. The van der Waals surface area contributed by atoms with Gasteiger partial charge in [0.05, 0.1) is 6.54 Å². The number of nitrogens with zero attached hydrogens (tertiary/aromatic N) is 1. The lowest BCUT2D eigenvalue weighted by molar-refractivity contribution is -0.126. The number of nitrogens with one attached hydrogen (secondary N) is 3. The number of rotatable bonds is 7. The first-order valence-electron chi connectivity index (χ1n) is 8.47. The van der Waals surface area contributed by atoms with Crippen LogP contribution in [0.15, 0.2) is 48.7 Å². The van der Waals surface area contributed by atoms with Crippen LogP contribution in [0, 0.1) is 5.92 Å². The minimum absolute atomic E-state index is 0.0224. The highest BCUT2D eigenvalue weighted by Gasteiger charge is 2.29. The van der Waals surface area contributed by atoms with Gasteiger partial charge in [0, 0.05) is 24.3 Å². The molecule has 134 valence electrons. The Hall–Kier alpha value is -3.22. The van der Waals surface area contributed by atoms with E-state index in [1.807, 2.05) is 6.07 Å². The normalized spacial score (nSPS) is 12.9. The molecule has 0 atom stereocenters. The zero-order chi connectivity index (χ0) is 18.4. The van der Waals surface area contributed by atoms with Gasteiger partial charge in [-0.15, -0.1) is 0 Å². The highest BCUT2D eigenvalue weighted by atomic mass is 16.2. The highest BCUT2D eigenvalue weighted by Crippen LogP contribution is 2.28. The molecule has 0 unspecified atom stereocenters. The summed E-state index contributed by atoms with van der Waals surface area (Å²) in [5, 5.41) is 8.14. The third-order valence-electron chi connectivity index (χ3n) is 3.94. The number of anilines is 1. The molecule has 0 bridgehead atoms. The Morgan fingerprint density at radius 1 is 1.04 bits per heavy atom. The third kappa shape index (κ3) is 5.14. The van der Waals surface area contributed by atoms with Crippen molar-refractivity contribution in [1.82, 2.24) is 15.6 Å². The first-order valence-corrected chi connectivity index (χ1v) is 8.47.